The predicted octanol–water partition coefficient (Wildman–Crippen LogP) is 2.65. The van der Waals surface area contributed by atoms with Gasteiger partial charge in [0, 0.05) is 37.5 Å². The normalized spacial score (nSPS) is 10.5. The SMILES string of the molecule is CC(=O)N(CCC(=O)NC(C)C)CCc1cccc(Cl)c1. The third-order valence-corrected chi connectivity index (χ3v) is 3.30. The Bertz CT molecular complexity index is 489. The highest BCUT2D eigenvalue weighted by molar-refractivity contribution is 6.30. The predicted molar refractivity (Wildman–Crippen MR) is 85.3 cm³/mol. The van der Waals surface area contributed by atoms with Gasteiger partial charge in [0.1, 0.15) is 0 Å². The maximum atomic E-state index is 11.6. The summed E-state index contributed by atoms with van der Waals surface area (Å²) in [6.45, 7) is 6.39. The maximum absolute atomic E-state index is 11.6. The first kappa shape index (κ1) is 17.5. The molecule has 1 aromatic carbocycles. The number of benzene rings is 1. The fraction of sp³-hybridized carbons (Fsp3) is 0.500. The number of carbonyl (C=O) groups is 2. The zero-order valence-electron chi connectivity index (χ0n) is 12.9. The van der Waals surface area contributed by atoms with Crippen LogP contribution in [0.25, 0.3) is 0 Å². The third kappa shape index (κ3) is 7.14. The fourth-order valence-electron chi connectivity index (χ4n) is 2.01. The number of nitrogens with zero attached hydrogens (tertiary/aromatic N) is 1. The van der Waals surface area contributed by atoms with Crippen molar-refractivity contribution in [1.29, 1.82) is 0 Å². The van der Waals surface area contributed by atoms with Crippen LogP contribution in [-0.4, -0.2) is 35.8 Å². The lowest BCUT2D eigenvalue weighted by molar-refractivity contribution is -0.129. The van der Waals surface area contributed by atoms with Gasteiger partial charge >= 0.3 is 0 Å². The molecule has 4 nitrogen and oxygen atoms in total. The van der Waals surface area contributed by atoms with Crippen molar-refractivity contribution >= 4 is 23.4 Å². The molecule has 0 atom stereocenters. The van der Waals surface area contributed by atoms with Crippen LogP contribution in [0.15, 0.2) is 24.3 Å². The van der Waals surface area contributed by atoms with E-state index < -0.39 is 0 Å². The van der Waals surface area contributed by atoms with Gasteiger partial charge in [-0.05, 0) is 38.0 Å². The Hall–Kier alpha value is -1.55. The molecule has 0 heterocycles. The van der Waals surface area contributed by atoms with E-state index in [-0.39, 0.29) is 17.9 Å². The lowest BCUT2D eigenvalue weighted by Gasteiger charge is -2.21. The van der Waals surface area contributed by atoms with Crippen molar-refractivity contribution in [1.82, 2.24) is 10.2 Å². The average Bonchev–Trinajstić information content (AvgIpc) is 2.37. The van der Waals surface area contributed by atoms with Crippen molar-refractivity contribution in [2.75, 3.05) is 13.1 Å². The van der Waals surface area contributed by atoms with Gasteiger partial charge in [0.25, 0.3) is 0 Å². The molecule has 116 valence electrons. The van der Waals surface area contributed by atoms with Gasteiger partial charge in [0.15, 0.2) is 0 Å². The van der Waals surface area contributed by atoms with Crippen molar-refractivity contribution in [3.05, 3.63) is 34.9 Å². The van der Waals surface area contributed by atoms with E-state index in [0.717, 1.165) is 12.0 Å². The highest BCUT2D eigenvalue weighted by Gasteiger charge is 2.11. The summed E-state index contributed by atoms with van der Waals surface area (Å²) >= 11 is 5.94. The van der Waals surface area contributed by atoms with Gasteiger partial charge in [-0.25, -0.2) is 0 Å². The Morgan fingerprint density at radius 2 is 2.00 bits per heavy atom. The molecule has 5 heteroatoms. The van der Waals surface area contributed by atoms with Crippen LogP contribution in [0.2, 0.25) is 5.02 Å². The van der Waals surface area contributed by atoms with Crippen LogP contribution >= 0.6 is 11.6 Å². The van der Waals surface area contributed by atoms with Gasteiger partial charge in [0.2, 0.25) is 11.8 Å². The monoisotopic (exact) mass is 310 g/mol. The Kier molecular flexibility index (Phi) is 7.23. The van der Waals surface area contributed by atoms with Crippen molar-refractivity contribution in [2.24, 2.45) is 0 Å². The molecule has 0 aliphatic heterocycles. The Labute approximate surface area is 131 Å². The summed E-state index contributed by atoms with van der Waals surface area (Å²) in [7, 11) is 0. The van der Waals surface area contributed by atoms with Crippen molar-refractivity contribution in [2.45, 2.75) is 39.7 Å². The minimum atomic E-state index is -0.0287. The lowest BCUT2D eigenvalue weighted by atomic mass is 10.1. The molecular formula is C16H23ClN2O2. The van der Waals surface area contributed by atoms with Crippen LogP contribution in [-0.2, 0) is 16.0 Å². The summed E-state index contributed by atoms with van der Waals surface area (Å²) < 4.78 is 0. The van der Waals surface area contributed by atoms with Gasteiger partial charge in [-0.15, -0.1) is 0 Å². The number of amides is 2. The molecular weight excluding hydrogens is 288 g/mol. The maximum Gasteiger partial charge on any atom is 0.221 e. The zero-order chi connectivity index (χ0) is 15.8. The van der Waals surface area contributed by atoms with Crippen molar-refractivity contribution < 1.29 is 9.59 Å². The Morgan fingerprint density at radius 1 is 1.29 bits per heavy atom. The van der Waals surface area contributed by atoms with Crippen LogP contribution in [0.5, 0.6) is 0 Å². The summed E-state index contributed by atoms with van der Waals surface area (Å²) in [5, 5.41) is 3.52. The van der Waals surface area contributed by atoms with E-state index in [1.54, 1.807) is 4.90 Å². The highest BCUT2D eigenvalue weighted by atomic mass is 35.5. The summed E-state index contributed by atoms with van der Waals surface area (Å²) in [5.41, 5.74) is 1.08. The van der Waals surface area contributed by atoms with Gasteiger partial charge < -0.3 is 10.2 Å². The van der Waals surface area contributed by atoms with Gasteiger partial charge in [-0.2, -0.15) is 0 Å². The van der Waals surface area contributed by atoms with Crippen LogP contribution in [0.4, 0.5) is 0 Å². The fourth-order valence-corrected chi connectivity index (χ4v) is 2.23. The van der Waals surface area contributed by atoms with Crippen molar-refractivity contribution in [3.63, 3.8) is 0 Å². The van der Waals surface area contributed by atoms with Crippen molar-refractivity contribution in [3.8, 4) is 0 Å². The molecule has 0 saturated carbocycles. The average molecular weight is 311 g/mol. The second-order valence-corrected chi connectivity index (χ2v) is 5.79. The number of carbonyl (C=O) groups excluding carboxylic acids is 2. The minimum absolute atomic E-state index is 0.0191. The number of hydrogen-bond donors (Lipinski definition) is 1. The molecule has 1 rings (SSSR count). The number of rotatable bonds is 7. The van der Waals surface area contributed by atoms with E-state index in [0.29, 0.717) is 24.5 Å². The molecule has 0 unspecified atom stereocenters. The van der Waals surface area contributed by atoms with Gasteiger partial charge in [-0.3, -0.25) is 9.59 Å². The van der Waals surface area contributed by atoms with E-state index in [4.69, 9.17) is 11.6 Å². The molecule has 0 aliphatic rings. The number of halogens is 1. The quantitative estimate of drug-likeness (QED) is 0.841. The van der Waals surface area contributed by atoms with Crippen LogP contribution < -0.4 is 5.32 Å². The topological polar surface area (TPSA) is 49.4 Å². The minimum Gasteiger partial charge on any atom is -0.354 e. The zero-order valence-corrected chi connectivity index (χ0v) is 13.6. The van der Waals surface area contributed by atoms with E-state index in [1.165, 1.54) is 6.92 Å². The molecule has 0 saturated heterocycles. The highest BCUT2D eigenvalue weighted by Crippen LogP contribution is 2.11. The second kappa shape index (κ2) is 8.67. The van der Waals surface area contributed by atoms with E-state index in [2.05, 4.69) is 5.32 Å². The third-order valence-electron chi connectivity index (χ3n) is 3.06. The van der Waals surface area contributed by atoms with Crippen LogP contribution in [0.1, 0.15) is 32.8 Å². The summed E-state index contributed by atoms with van der Waals surface area (Å²) in [6, 6.07) is 7.71. The standard InChI is InChI=1S/C16H23ClN2O2/c1-12(2)18-16(21)8-10-19(13(3)20)9-7-14-5-4-6-15(17)11-14/h4-6,11-12H,7-10H2,1-3H3,(H,18,21). The van der Waals surface area contributed by atoms with Crippen LogP contribution in [0.3, 0.4) is 0 Å². The first-order valence-electron chi connectivity index (χ1n) is 7.18. The van der Waals surface area contributed by atoms with E-state index in [1.807, 2.05) is 38.1 Å². The molecule has 0 aliphatic carbocycles. The van der Waals surface area contributed by atoms with Gasteiger partial charge in [0.05, 0.1) is 0 Å². The molecule has 0 spiro atoms. The first-order chi connectivity index (χ1) is 9.88. The molecule has 2 amide bonds. The molecule has 21 heavy (non-hydrogen) atoms. The largest absolute Gasteiger partial charge is 0.354 e. The van der Waals surface area contributed by atoms with E-state index in [9.17, 15) is 9.59 Å². The Balaban J connectivity index is 2.47. The molecule has 0 fully saturated rings. The molecule has 1 aromatic rings. The smallest absolute Gasteiger partial charge is 0.221 e. The second-order valence-electron chi connectivity index (χ2n) is 5.36. The lowest BCUT2D eigenvalue weighted by Crippen LogP contribution is -2.37. The summed E-state index contributed by atoms with van der Waals surface area (Å²) in [5.74, 6) is -0.0478. The molecule has 0 aromatic heterocycles. The molecule has 1 N–H and O–H groups in total. The van der Waals surface area contributed by atoms with Gasteiger partial charge in [-0.1, -0.05) is 23.7 Å². The summed E-state index contributed by atoms with van der Waals surface area (Å²) in [6.07, 6.45) is 1.05. The number of hydrogen-bond acceptors (Lipinski definition) is 2. The molecule has 0 radical (unpaired) electrons. The van der Waals surface area contributed by atoms with Crippen LogP contribution in [0, 0.1) is 0 Å². The summed E-state index contributed by atoms with van der Waals surface area (Å²) in [4.78, 5) is 25.0. The first-order valence-corrected chi connectivity index (χ1v) is 7.55. The molecule has 0 bridgehead atoms. The van der Waals surface area contributed by atoms with E-state index >= 15 is 0 Å². The number of nitrogens with one attached hydrogen (secondary N) is 1. The Morgan fingerprint density at radius 3 is 2.57 bits per heavy atom.